The minimum atomic E-state index is 0.621. The molecular weight excluding hydrogens is 316 g/mol. The Balaban J connectivity index is 2.16. The molecule has 2 heterocycles. The van der Waals surface area contributed by atoms with Crippen LogP contribution in [0.3, 0.4) is 0 Å². The van der Waals surface area contributed by atoms with E-state index in [2.05, 4.69) is 59.1 Å². The van der Waals surface area contributed by atoms with Crippen molar-refractivity contribution in [2.75, 3.05) is 13.1 Å². The number of rotatable bonds is 5. The van der Waals surface area contributed by atoms with Gasteiger partial charge < -0.3 is 5.32 Å². The fourth-order valence-electron chi connectivity index (χ4n) is 2.98. The molecule has 0 aliphatic carbocycles. The molecule has 2 rings (SSSR count). The molecule has 114 valence electrons. The average molecular weight is 343 g/mol. The van der Waals surface area contributed by atoms with E-state index in [1.165, 1.54) is 23.0 Å². The van der Waals surface area contributed by atoms with Gasteiger partial charge in [0.2, 0.25) is 0 Å². The molecule has 1 aliphatic rings. The van der Waals surface area contributed by atoms with Crippen LogP contribution in [-0.2, 0) is 20.0 Å². The summed E-state index contributed by atoms with van der Waals surface area (Å²) < 4.78 is 3.24. The summed E-state index contributed by atoms with van der Waals surface area (Å²) in [5, 5.41) is 8.27. The van der Waals surface area contributed by atoms with Crippen molar-refractivity contribution in [2.45, 2.75) is 58.7 Å². The van der Waals surface area contributed by atoms with Gasteiger partial charge in [-0.15, -0.1) is 0 Å². The molecule has 4 nitrogen and oxygen atoms in total. The predicted octanol–water partition coefficient (Wildman–Crippen LogP) is 2.71. The highest BCUT2D eigenvalue weighted by atomic mass is 79.9. The summed E-state index contributed by atoms with van der Waals surface area (Å²) in [6, 6.07) is 1.25. The van der Waals surface area contributed by atoms with Crippen LogP contribution in [0.15, 0.2) is 4.47 Å². The summed E-state index contributed by atoms with van der Waals surface area (Å²) in [7, 11) is 2.06. The second-order valence-electron chi connectivity index (χ2n) is 5.69. The van der Waals surface area contributed by atoms with E-state index >= 15 is 0 Å². The van der Waals surface area contributed by atoms with Gasteiger partial charge in [-0.25, -0.2) is 0 Å². The first-order valence-electron chi connectivity index (χ1n) is 7.78. The Morgan fingerprint density at radius 1 is 1.30 bits per heavy atom. The monoisotopic (exact) mass is 342 g/mol. The Morgan fingerprint density at radius 2 is 2.05 bits per heavy atom. The summed E-state index contributed by atoms with van der Waals surface area (Å²) >= 11 is 3.74. The molecule has 0 aromatic carbocycles. The van der Waals surface area contributed by atoms with Crippen LogP contribution >= 0.6 is 15.9 Å². The quantitative estimate of drug-likeness (QED) is 0.892. The molecule has 1 aromatic rings. The van der Waals surface area contributed by atoms with Crippen LogP contribution in [0.4, 0.5) is 0 Å². The Morgan fingerprint density at radius 3 is 2.60 bits per heavy atom. The zero-order chi connectivity index (χ0) is 14.7. The van der Waals surface area contributed by atoms with Crippen molar-refractivity contribution in [2.24, 2.45) is 7.05 Å². The zero-order valence-corrected chi connectivity index (χ0v) is 14.7. The van der Waals surface area contributed by atoms with E-state index in [0.717, 1.165) is 31.7 Å². The fraction of sp³-hybridized carbons (Fsp3) is 0.800. The largest absolute Gasteiger partial charge is 0.311 e. The number of aromatic nitrogens is 2. The van der Waals surface area contributed by atoms with Gasteiger partial charge in [0.05, 0.1) is 15.9 Å². The van der Waals surface area contributed by atoms with Gasteiger partial charge >= 0.3 is 0 Å². The summed E-state index contributed by atoms with van der Waals surface area (Å²) in [6.07, 6.45) is 3.37. The van der Waals surface area contributed by atoms with Crippen LogP contribution in [0.2, 0.25) is 0 Å². The summed E-state index contributed by atoms with van der Waals surface area (Å²) in [6.45, 7) is 9.92. The zero-order valence-electron chi connectivity index (χ0n) is 13.1. The van der Waals surface area contributed by atoms with Gasteiger partial charge in [-0.1, -0.05) is 20.8 Å². The number of nitrogens with one attached hydrogen (secondary N) is 1. The molecule has 0 saturated carbocycles. The highest BCUT2D eigenvalue weighted by Crippen LogP contribution is 2.25. The van der Waals surface area contributed by atoms with E-state index in [1.54, 1.807) is 0 Å². The van der Waals surface area contributed by atoms with E-state index in [9.17, 15) is 0 Å². The number of nitrogens with zero attached hydrogens (tertiary/aromatic N) is 3. The third kappa shape index (κ3) is 3.26. The van der Waals surface area contributed by atoms with Crippen molar-refractivity contribution >= 4 is 15.9 Å². The van der Waals surface area contributed by atoms with E-state index in [1.807, 2.05) is 4.68 Å². The normalized spacial score (nSPS) is 24.2. The van der Waals surface area contributed by atoms with Gasteiger partial charge in [0, 0.05) is 38.8 Å². The highest BCUT2D eigenvalue weighted by molar-refractivity contribution is 9.10. The third-order valence-corrected chi connectivity index (χ3v) is 5.35. The lowest BCUT2D eigenvalue weighted by molar-refractivity contribution is 0.114. The lowest BCUT2D eigenvalue weighted by atomic mass is 10.0. The average Bonchev–Trinajstić information content (AvgIpc) is 2.74. The first-order valence-corrected chi connectivity index (χ1v) is 8.57. The first kappa shape index (κ1) is 16.0. The van der Waals surface area contributed by atoms with Gasteiger partial charge in [0.15, 0.2) is 0 Å². The lowest BCUT2D eigenvalue weighted by Gasteiger charge is -2.40. The molecule has 20 heavy (non-hydrogen) atoms. The Kier molecular flexibility index (Phi) is 5.64. The van der Waals surface area contributed by atoms with Crippen LogP contribution in [-0.4, -0.2) is 39.9 Å². The van der Waals surface area contributed by atoms with Gasteiger partial charge in [-0.2, -0.15) is 5.10 Å². The topological polar surface area (TPSA) is 33.1 Å². The van der Waals surface area contributed by atoms with Crippen molar-refractivity contribution in [3.63, 3.8) is 0 Å². The number of halogens is 1. The number of piperazine rings is 1. The van der Waals surface area contributed by atoms with E-state index < -0.39 is 0 Å². The molecule has 5 heteroatoms. The molecule has 2 unspecified atom stereocenters. The SMILES string of the molecule is CCc1nn(C)c(CN2CC(CC)NCC2CC)c1Br. The third-order valence-electron chi connectivity index (χ3n) is 4.43. The molecule has 1 saturated heterocycles. The number of aryl methyl sites for hydroxylation is 2. The van der Waals surface area contributed by atoms with Crippen molar-refractivity contribution in [1.29, 1.82) is 0 Å². The van der Waals surface area contributed by atoms with Crippen LogP contribution in [0.25, 0.3) is 0 Å². The Hall–Kier alpha value is -0.390. The standard InChI is InChI=1S/C15H27BrN4/c1-5-11-9-20(12(6-2)8-17-11)10-14-15(16)13(7-3)18-19(14)4/h11-12,17H,5-10H2,1-4H3. The molecular formula is C15H27BrN4. The molecule has 1 aromatic heterocycles. The molecule has 2 atom stereocenters. The van der Waals surface area contributed by atoms with Crippen LogP contribution in [0.1, 0.15) is 45.0 Å². The van der Waals surface area contributed by atoms with Crippen LogP contribution in [0, 0.1) is 0 Å². The van der Waals surface area contributed by atoms with E-state index in [0.29, 0.717) is 12.1 Å². The van der Waals surface area contributed by atoms with Crippen molar-refractivity contribution < 1.29 is 0 Å². The second-order valence-corrected chi connectivity index (χ2v) is 6.48. The van der Waals surface area contributed by atoms with Crippen molar-refractivity contribution in [1.82, 2.24) is 20.0 Å². The predicted molar refractivity (Wildman–Crippen MR) is 86.9 cm³/mol. The molecule has 0 radical (unpaired) electrons. The maximum absolute atomic E-state index is 4.61. The minimum Gasteiger partial charge on any atom is -0.311 e. The summed E-state index contributed by atoms with van der Waals surface area (Å²) in [4.78, 5) is 2.62. The molecule has 0 amide bonds. The first-order chi connectivity index (χ1) is 9.60. The van der Waals surface area contributed by atoms with Gasteiger partial charge in [0.1, 0.15) is 0 Å². The molecule has 1 aliphatic heterocycles. The van der Waals surface area contributed by atoms with E-state index in [4.69, 9.17) is 0 Å². The molecule has 0 bridgehead atoms. The maximum Gasteiger partial charge on any atom is 0.0767 e. The maximum atomic E-state index is 4.61. The molecule has 0 spiro atoms. The van der Waals surface area contributed by atoms with Gasteiger partial charge in [-0.05, 0) is 35.2 Å². The Bertz CT molecular complexity index is 443. The molecule has 1 N–H and O–H groups in total. The summed E-state index contributed by atoms with van der Waals surface area (Å²) in [5.74, 6) is 0. The van der Waals surface area contributed by atoms with Crippen LogP contribution < -0.4 is 5.32 Å². The lowest BCUT2D eigenvalue weighted by Crippen LogP contribution is -2.55. The summed E-state index contributed by atoms with van der Waals surface area (Å²) in [5.41, 5.74) is 2.47. The minimum absolute atomic E-state index is 0.621. The van der Waals surface area contributed by atoms with Crippen molar-refractivity contribution in [3.8, 4) is 0 Å². The number of hydrogen-bond donors (Lipinski definition) is 1. The van der Waals surface area contributed by atoms with E-state index in [-0.39, 0.29) is 0 Å². The highest BCUT2D eigenvalue weighted by Gasteiger charge is 2.27. The number of hydrogen-bond acceptors (Lipinski definition) is 3. The molecule has 1 fully saturated rings. The second kappa shape index (κ2) is 7.05. The smallest absolute Gasteiger partial charge is 0.0767 e. The fourth-order valence-corrected chi connectivity index (χ4v) is 3.72. The Labute approximate surface area is 131 Å². The van der Waals surface area contributed by atoms with Gasteiger partial charge in [-0.3, -0.25) is 9.58 Å². The van der Waals surface area contributed by atoms with Gasteiger partial charge in [0.25, 0.3) is 0 Å². The van der Waals surface area contributed by atoms with Crippen LogP contribution in [0.5, 0.6) is 0 Å². The van der Waals surface area contributed by atoms with Crippen molar-refractivity contribution in [3.05, 3.63) is 15.9 Å².